The molecule has 0 bridgehead atoms. The van der Waals surface area contributed by atoms with Crippen molar-refractivity contribution in [3.63, 3.8) is 0 Å². The molecular weight excluding hydrogens is 304 g/mol. The van der Waals surface area contributed by atoms with Gasteiger partial charge in [0.15, 0.2) is 5.96 Å². The van der Waals surface area contributed by atoms with Gasteiger partial charge in [0.2, 0.25) is 0 Å². The van der Waals surface area contributed by atoms with Gasteiger partial charge in [-0.3, -0.25) is 4.99 Å². The van der Waals surface area contributed by atoms with E-state index in [2.05, 4.69) is 32.2 Å². The third kappa shape index (κ3) is 5.30. The highest BCUT2D eigenvalue weighted by Crippen LogP contribution is 2.20. The Morgan fingerprint density at radius 3 is 2.46 bits per heavy atom. The summed E-state index contributed by atoms with van der Waals surface area (Å²) in [6.45, 7) is 8.42. The Bertz CT molecular complexity index is 496. The van der Waals surface area contributed by atoms with Crippen molar-refractivity contribution in [2.75, 3.05) is 65.0 Å². The molecule has 1 fully saturated rings. The fraction of sp³-hybridized carbons (Fsp3) is 0.611. The van der Waals surface area contributed by atoms with Gasteiger partial charge in [-0.15, -0.1) is 0 Å². The van der Waals surface area contributed by atoms with Gasteiger partial charge in [0.1, 0.15) is 5.75 Å². The van der Waals surface area contributed by atoms with E-state index in [4.69, 9.17) is 9.47 Å². The minimum Gasteiger partial charge on any atom is -0.497 e. The number of anilines is 1. The average molecular weight is 334 g/mol. The van der Waals surface area contributed by atoms with E-state index >= 15 is 0 Å². The number of rotatable bonds is 7. The van der Waals surface area contributed by atoms with Crippen molar-refractivity contribution in [1.82, 2.24) is 10.2 Å². The topological polar surface area (TPSA) is 49.3 Å². The first-order chi connectivity index (χ1) is 11.8. The first-order valence-electron chi connectivity index (χ1n) is 8.70. The first kappa shape index (κ1) is 18.4. The number of ether oxygens (including phenoxy) is 2. The van der Waals surface area contributed by atoms with Crippen molar-refractivity contribution >= 4 is 11.6 Å². The molecule has 2 rings (SSSR count). The van der Waals surface area contributed by atoms with E-state index in [0.29, 0.717) is 0 Å². The van der Waals surface area contributed by atoms with E-state index < -0.39 is 0 Å². The molecule has 0 radical (unpaired) electrons. The molecule has 1 aliphatic heterocycles. The van der Waals surface area contributed by atoms with Crippen LogP contribution in [0, 0.1) is 0 Å². The largest absolute Gasteiger partial charge is 0.497 e. The van der Waals surface area contributed by atoms with Gasteiger partial charge in [0, 0.05) is 58.7 Å². The van der Waals surface area contributed by atoms with Crippen LogP contribution in [-0.4, -0.2) is 71.0 Å². The Balaban J connectivity index is 1.77. The van der Waals surface area contributed by atoms with Crippen molar-refractivity contribution in [3.8, 4) is 5.75 Å². The molecule has 0 spiro atoms. The summed E-state index contributed by atoms with van der Waals surface area (Å²) in [5.74, 6) is 1.88. The summed E-state index contributed by atoms with van der Waals surface area (Å²) < 4.78 is 10.6. The van der Waals surface area contributed by atoms with E-state index in [9.17, 15) is 0 Å². The van der Waals surface area contributed by atoms with E-state index in [1.807, 2.05) is 26.1 Å². The number of methoxy groups -OCH3 is 1. The summed E-state index contributed by atoms with van der Waals surface area (Å²) >= 11 is 0. The maximum Gasteiger partial charge on any atom is 0.193 e. The number of hydrogen-bond donors (Lipinski definition) is 1. The molecule has 1 N–H and O–H groups in total. The van der Waals surface area contributed by atoms with Crippen LogP contribution in [0.5, 0.6) is 5.75 Å². The zero-order valence-corrected chi connectivity index (χ0v) is 15.1. The number of aliphatic imine (C=N–C) groups is 1. The predicted octanol–water partition coefficient (Wildman–Crippen LogP) is 1.82. The van der Waals surface area contributed by atoms with Gasteiger partial charge in [0.05, 0.1) is 7.11 Å². The summed E-state index contributed by atoms with van der Waals surface area (Å²) in [5.41, 5.74) is 1.25. The van der Waals surface area contributed by atoms with Crippen LogP contribution in [0.25, 0.3) is 0 Å². The third-order valence-corrected chi connectivity index (χ3v) is 4.18. The standard InChI is InChI=1S/C18H30N4O2/c1-4-24-15-5-10-20-18(19-2)22-13-11-21(12-14-22)16-6-8-17(23-3)9-7-16/h6-9H,4-5,10-15H2,1-3H3,(H,19,20). The third-order valence-electron chi connectivity index (χ3n) is 4.18. The Morgan fingerprint density at radius 2 is 1.88 bits per heavy atom. The van der Waals surface area contributed by atoms with E-state index in [1.165, 1.54) is 5.69 Å². The predicted molar refractivity (Wildman–Crippen MR) is 99.3 cm³/mol. The maximum atomic E-state index is 5.36. The summed E-state index contributed by atoms with van der Waals surface area (Å²) in [7, 11) is 3.54. The van der Waals surface area contributed by atoms with Gasteiger partial charge in [0.25, 0.3) is 0 Å². The number of benzene rings is 1. The lowest BCUT2D eigenvalue weighted by Crippen LogP contribution is -2.52. The molecule has 1 aliphatic rings. The van der Waals surface area contributed by atoms with Crippen LogP contribution in [0.15, 0.2) is 29.3 Å². The molecule has 1 aromatic carbocycles. The van der Waals surface area contributed by atoms with Crippen LogP contribution in [0.4, 0.5) is 5.69 Å². The highest BCUT2D eigenvalue weighted by molar-refractivity contribution is 5.80. The summed E-state index contributed by atoms with van der Waals surface area (Å²) in [4.78, 5) is 9.13. The van der Waals surface area contributed by atoms with Crippen molar-refractivity contribution in [3.05, 3.63) is 24.3 Å². The van der Waals surface area contributed by atoms with Gasteiger partial charge < -0.3 is 24.6 Å². The van der Waals surface area contributed by atoms with Crippen molar-refractivity contribution in [2.45, 2.75) is 13.3 Å². The molecule has 6 nitrogen and oxygen atoms in total. The summed E-state index contributed by atoms with van der Waals surface area (Å²) in [6, 6.07) is 8.27. The fourth-order valence-electron chi connectivity index (χ4n) is 2.82. The monoisotopic (exact) mass is 334 g/mol. The Kier molecular flexibility index (Phi) is 7.68. The Labute approximate surface area is 145 Å². The van der Waals surface area contributed by atoms with Gasteiger partial charge >= 0.3 is 0 Å². The molecule has 0 aliphatic carbocycles. The zero-order chi connectivity index (χ0) is 17.2. The molecule has 0 aromatic heterocycles. The second-order valence-corrected chi connectivity index (χ2v) is 5.70. The highest BCUT2D eigenvalue weighted by atomic mass is 16.5. The molecule has 24 heavy (non-hydrogen) atoms. The molecule has 0 saturated carbocycles. The lowest BCUT2D eigenvalue weighted by molar-refractivity contribution is 0.145. The second-order valence-electron chi connectivity index (χ2n) is 5.70. The summed E-state index contributed by atoms with van der Waals surface area (Å²) in [5, 5.41) is 3.43. The quantitative estimate of drug-likeness (QED) is 0.468. The number of piperazine rings is 1. The lowest BCUT2D eigenvalue weighted by Gasteiger charge is -2.37. The van der Waals surface area contributed by atoms with E-state index in [0.717, 1.165) is 64.1 Å². The molecule has 1 saturated heterocycles. The molecule has 134 valence electrons. The van der Waals surface area contributed by atoms with Crippen molar-refractivity contribution in [2.24, 2.45) is 4.99 Å². The van der Waals surface area contributed by atoms with Gasteiger partial charge in [-0.2, -0.15) is 0 Å². The van der Waals surface area contributed by atoms with Crippen LogP contribution in [0.2, 0.25) is 0 Å². The molecular formula is C18H30N4O2. The highest BCUT2D eigenvalue weighted by Gasteiger charge is 2.19. The number of nitrogens with zero attached hydrogens (tertiary/aromatic N) is 3. The molecule has 1 aromatic rings. The number of guanidine groups is 1. The molecule has 0 unspecified atom stereocenters. The Morgan fingerprint density at radius 1 is 1.17 bits per heavy atom. The number of nitrogens with one attached hydrogen (secondary N) is 1. The smallest absolute Gasteiger partial charge is 0.193 e. The zero-order valence-electron chi connectivity index (χ0n) is 15.1. The summed E-state index contributed by atoms with van der Waals surface area (Å²) in [6.07, 6.45) is 0.999. The second kappa shape index (κ2) is 10.0. The van der Waals surface area contributed by atoms with E-state index in [1.54, 1.807) is 7.11 Å². The maximum absolute atomic E-state index is 5.36. The molecule has 0 atom stereocenters. The Hall–Kier alpha value is -1.95. The minimum absolute atomic E-state index is 0.780. The van der Waals surface area contributed by atoms with Crippen LogP contribution in [0.1, 0.15) is 13.3 Å². The van der Waals surface area contributed by atoms with Crippen molar-refractivity contribution in [1.29, 1.82) is 0 Å². The average Bonchev–Trinajstić information content (AvgIpc) is 2.65. The van der Waals surface area contributed by atoms with Crippen molar-refractivity contribution < 1.29 is 9.47 Å². The minimum atomic E-state index is 0.780. The molecule has 0 amide bonds. The molecule has 1 heterocycles. The van der Waals surface area contributed by atoms with Gasteiger partial charge in [-0.1, -0.05) is 0 Å². The first-order valence-corrected chi connectivity index (χ1v) is 8.70. The van der Waals surface area contributed by atoms with Crippen LogP contribution in [0.3, 0.4) is 0 Å². The van der Waals surface area contributed by atoms with Gasteiger partial charge in [-0.05, 0) is 37.6 Å². The lowest BCUT2D eigenvalue weighted by atomic mass is 10.2. The normalized spacial score (nSPS) is 15.5. The van der Waals surface area contributed by atoms with Crippen LogP contribution < -0.4 is 15.0 Å². The fourth-order valence-corrected chi connectivity index (χ4v) is 2.82. The van der Waals surface area contributed by atoms with E-state index in [-0.39, 0.29) is 0 Å². The molecule has 6 heteroatoms. The SMILES string of the molecule is CCOCCCNC(=NC)N1CCN(c2ccc(OC)cc2)CC1. The van der Waals surface area contributed by atoms with Gasteiger partial charge in [-0.25, -0.2) is 0 Å². The number of hydrogen-bond acceptors (Lipinski definition) is 4. The van der Waals surface area contributed by atoms with Crippen LogP contribution >= 0.6 is 0 Å². The van der Waals surface area contributed by atoms with Crippen LogP contribution in [-0.2, 0) is 4.74 Å².